The van der Waals surface area contributed by atoms with Crippen molar-refractivity contribution in [1.82, 2.24) is 0 Å². The van der Waals surface area contributed by atoms with Crippen molar-refractivity contribution in [3.8, 4) is 0 Å². The molecule has 5 heteroatoms. The molecule has 0 aromatic heterocycles. The highest BCUT2D eigenvalue weighted by Gasteiger charge is 2.35. The minimum atomic E-state index is -4.57. The van der Waals surface area contributed by atoms with E-state index in [2.05, 4.69) is 6.58 Å². The van der Waals surface area contributed by atoms with Gasteiger partial charge in [0.2, 0.25) is 5.91 Å². The number of hydrogen-bond donors (Lipinski definition) is 1. The van der Waals surface area contributed by atoms with Crippen LogP contribution in [-0.4, -0.2) is 5.91 Å². The Morgan fingerprint density at radius 2 is 2.06 bits per heavy atom. The number of rotatable bonds is 4. The van der Waals surface area contributed by atoms with E-state index in [1.165, 1.54) is 12.1 Å². The monoisotopic (exact) mass is 243 g/mol. The van der Waals surface area contributed by atoms with Crippen molar-refractivity contribution in [2.75, 3.05) is 0 Å². The smallest absolute Gasteiger partial charge is 0.366 e. The molecular formula is C12H12F3NO. The predicted octanol–water partition coefficient (Wildman–Crippen LogP) is 2.92. The SMILES string of the molecule is C=CCCc1cccc(C(F)(F)F)c1C(N)=O. The molecule has 0 atom stereocenters. The van der Waals surface area contributed by atoms with E-state index in [0.717, 1.165) is 6.07 Å². The molecule has 92 valence electrons. The standard InChI is InChI=1S/C12H12F3NO/c1-2-3-5-8-6-4-7-9(12(13,14)15)10(8)11(16)17/h2,4,6-7H,1,3,5H2,(H2,16,17). The van der Waals surface area contributed by atoms with Gasteiger partial charge in [0.1, 0.15) is 0 Å². The molecule has 0 fully saturated rings. The first-order valence-corrected chi connectivity index (χ1v) is 4.97. The second-order valence-electron chi connectivity index (χ2n) is 3.53. The van der Waals surface area contributed by atoms with Crippen LogP contribution in [0.3, 0.4) is 0 Å². The number of aryl methyl sites for hydroxylation is 1. The van der Waals surface area contributed by atoms with Gasteiger partial charge in [0.25, 0.3) is 0 Å². The highest BCUT2D eigenvalue weighted by Crippen LogP contribution is 2.33. The van der Waals surface area contributed by atoms with Gasteiger partial charge < -0.3 is 5.73 Å². The summed E-state index contributed by atoms with van der Waals surface area (Å²) in [6.45, 7) is 3.48. The van der Waals surface area contributed by atoms with Crippen molar-refractivity contribution in [3.63, 3.8) is 0 Å². The van der Waals surface area contributed by atoms with Crippen LogP contribution in [-0.2, 0) is 12.6 Å². The summed E-state index contributed by atoms with van der Waals surface area (Å²) in [7, 11) is 0. The number of amides is 1. The molecule has 1 aromatic rings. The zero-order valence-electron chi connectivity index (χ0n) is 9.05. The van der Waals surface area contributed by atoms with Crippen LogP contribution in [0.2, 0.25) is 0 Å². The molecule has 2 N–H and O–H groups in total. The van der Waals surface area contributed by atoms with E-state index in [4.69, 9.17) is 5.73 Å². The number of benzene rings is 1. The van der Waals surface area contributed by atoms with Gasteiger partial charge in [-0.1, -0.05) is 18.2 Å². The minimum absolute atomic E-state index is 0.298. The van der Waals surface area contributed by atoms with E-state index in [0.29, 0.717) is 18.4 Å². The van der Waals surface area contributed by atoms with Crippen LogP contribution in [0.1, 0.15) is 27.9 Å². The summed E-state index contributed by atoms with van der Waals surface area (Å²) in [5.41, 5.74) is 3.89. The fourth-order valence-corrected chi connectivity index (χ4v) is 1.59. The highest BCUT2D eigenvalue weighted by atomic mass is 19.4. The highest BCUT2D eigenvalue weighted by molar-refractivity contribution is 5.96. The number of alkyl halides is 3. The predicted molar refractivity (Wildman–Crippen MR) is 58.5 cm³/mol. The maximum Gasteiger partial charge on any atom is 0.417 e. The average Bonchev–Trinajstić information content (AvgIpc) is 2.24. The molecule has 0 saturated heterocycles. The van der Waals surface area contributed by atoms with Crippen molar-refractivity contribution in [3.05, 3.63) is 47.5 Å². The van der Waals surface area contributed by atoms with E-state index in [-0.39, 0.29) is 0 Å². The van der Waals surface area contributed by atoms with Crippen LogP contribution in [0, 0.1) is 0 Å². The molecule has 0 bridgehead atoms. The molecule has 0 saturated carbocycles. The average molecular weight is 243 g/mol. The Labute approximate surface area is 96.9 Å². The fraction of sp³-hybridized carbons (Fsp3) is 0.250. The first-order chi connectivity index (χ1) is 7.88. The van der Waals surface area contributed by atoms with Crippen LogP contribution < -0.4 is 5.73 Å². The van der Waals surface area contributed by atoms with E-state index in [1.54, 1.807) is 6.08 Å². The molecule has 0 aliphatic heterocycles. The van der Waals surface area contributed by atoms with Crippen LogP contribution in [0.4, 0.5) is 13.2 Å². The number of nitrogens with two attached hydrogens (primary N) is 1. The summed E-state index contributed by atoms with van der Waals surface area (Å²) >= 11 is 0. The van der Waals surface area contributed by atoms with Gasteiger partial charge in [-0.05, 0) is 24.5 Å². The van der Waals surface area contributed by atoms with E-state index in [1.807, 2.05) is 0 Å². The van der Waals surface area contributed by atoms with Crippen LogP contribution >= 0.6 is 0 Å². The number of carbonyl (C=O) groups excluding carboxylic acids is 1. The topological polar surface area (TPSA) is 43.1 Å². The quantitative estimate of drug-likeness (QED) is 0.812. The van der Waals surface area contributed by atoms with Gasteiger partial charge in [0.15, 0.2) is 0 Å². The van der Waals surface area contributed by atoms with Gasteiger partial charge in [-0.15, -0.1) is 6.58 Å². The number of allylic oxidation sites excluding steroid dienone is 1. The van der Waals surface area contributed by atoms with E-state index in [9.17, 15) is 18.0 Å². The molecule has 0 unspecified atom stereocenters. The largest absolute Gasteiger partial charge is 0.417 e. The Hall–Kier alpha value is -1.78. The van der Waals surface area contributed by atoms with Gasteiger partial charge in [0, 0.05) is 0 Å². The third-order valence-electron chi connectivity index (χ3n) is 2.32. The molecule has 0 aliphatic rings. The molecule has 17 heavy (non-hydrogen) atoms. The fourth-order valence-electron chi connectivity index (χ4n) is 1.59. The number of hydrogen-bond acceptors (Lipinski definition) is 1. The third kappa shape index (κ3) is 3.09. The van der Waals surface area contributed by atoms with E-state index >= 15 is 0 Å². The molecule has 1 aromatic carbocycles. The number of primary amides is 1. The van der Waals surface area contributed by atoms with Crippen LogP contribution in [0.15, 0.2) is 30.9 Å². The molecule has 0 radical (unpaired) electrons. The first kappa shape index (κ1) is 13.3. The summed E-state index contributed by atoms with van der Waals surface area (Å²) in [5.74, 6) is -1.06. The molecule has 0 heterocycles. The van der Waals surface area contributed by atoms with Gasteiger partial charge in [-0.3, -0.25) is 4.79 Å². The summed E-state index contributed by atoms with van der Waals surface area (Å²) in [4.78, 5) is 11.1. The number of halogens is 3. The zero-order chi connectivity index (χ0) is 13.1. The van der Waals surface area contributed by atoms with Gasteiger partial charge in [-0.2, -0.15) is 13.2 Å². The third-order valence-corrected chi connectivity index (χ3v) is 2.32. The molecular weight excluding hydrogens is 231 g/mol. The lowest BCUT2D eigenvalue weighted by atomic mass is 9.97. The Bertz CT molecular complexity index is 438. The lowest BCUT2D eigenvalue weighted by Crippen LogP contribution is -2.21. The molecule has 0 aliphatic carbocycles. The lowest BCUT2D eigenvalue weighted by Gasteiger charge is -2.14. The Morgan fingerprint density at radius 3 is 2.53 bits per heavy atom. The van der Waals surface area contributed by atoms with Crippen LogP contribution in [0.5, 0.6) is 0 Å². The normalized spacial score (nSPS) is 11.2. The number of carbonyl (C=O) groups is 1. The first-order valence-electron chi connectivity index (χ1n) is 4.97. The van der Waals surface area contributed by atoms with Crippen molar-refractivity contribution in [2.45, 2.75) is 19.0 Å². The maximum absolute atomic E-state index is 12.7. The Morgan fingerprint density at radius 1 is 1.41 bits per heavy atom. The lowest BCUT2D eigenvalue weighted by molar-refractivity contribution is -0.138. The second-order valence-corrected chi connectivity index (χ2v) is 3.53. The molecule has 2 nitrogen and oxygen atoms in total. The Kier molecular flexibility index (Phi) is 3.93. The summed E-state index contributed by atoms with van der Waals surface area (Å²) in [5, 5.41) is 0. The van der Waals surface area contributed by atoms with Crippen molar-refractivity contribution < 1.29 is 18.0 Å². The molecule has 0 spiro atoms. The second kappa shape index (κ2) is 5.03. The summed E-state index contributed by atoms with van der Waals surface area (Å²) in [6.07, 6.45) is -2.20. The Balaban J connectivity index is 3.32. The van der Waals surface area contributed by atoms with Gasteiger partial charge in [0.05, 0.1) is 11.1 Å². The van der Waals surface area contributed by atoms with Crippen molar-refractivity contribution in [1.29, 1.82) is 0 Å². The van der Waals surface area contributed by atoms with E-state index < -0.39 is 23.2 Å². The molecule has 1 rings (SSSR count). The van der Waals surface area contributed by atoms with Crippen molar-refractivity contribution in [2.24, 2.45) is 5.73 Å². The van der Waals surface area contributed by atoms with Gasteiger partial charge in [-0.25, -0.2) is 0 Å². The zero-order valence-corrected chi connectivity index (χ0v) is 9.05. The molecule has 1 amide bonds. The maximum atomic E-state index is 12.7. The van der Waals surface area contributed by atoms with Crippen molar-refractivity contribution >= 4 is 5.91 Å². The minimum Gasteiger partial charge on any atom is -0.366 e. The van der Waals surface area contributed by atoms with Crippen LogP contribution in [0.25, 0.3) is 0 Å². The van der Waals surface area contributed by atoms with Gasteiger partial charge >= 0.3 is 6.18 Å². The summed E-state index contributed by atoms with van der Waals surface area (Å²) in [6, 6.07) is 3.60. The summed E-state index contributed by atoms with van der Waals surface area (Å²) < 4.78 is 38.0.